The third-order valence-electron chi connectivity index (χ3n) is 10.1. The summed E-state index contributed by atoms with van der Waals surface area (Å²) in [7, 11) is 0. The lowest BCUT2D eigenvalue weighted by Crippen LogP contribution is -1.97. The molecule has 0 spiro atoms. The van der Waals surface area contributed by atoms with Crippen molar-refractivity contribution < 1.29 is 0 Å². The van der Waals surface area contributed by atoms with Crippen LogP contribution in [0.25, 0.3) is 99.9 Å². The maximum Gasteiger partial charge on any atom is 0.161 e. The van der Waals surface area contributed by atoms with E-state index < -0.39 is 0 Å². The maximum absolute atomic E-state index is 5.18. The molecule has 0 atom stereocenters. The molecule has 5 nitrogen and oxygen atoms in total. The van der Waals surface area contributed by atoms with E-state index in [0.717, 1.165) is 83.3 Å². The molecule has 4 heterocycles. The molecule has 0 bridgehead atoms. The van der Waals surface area contributed by atoms with E-state index in [1.165, 1.54) is 10.8 Å². The minimum absolute atomic E-state index is 0.618. The van der Waals surface area contributed by atoms with Crippen LogP contribution in [-0.2, 0) is 0 Å². The van der Waals surface area contributed by atoms with Gasteiger partial charge in [0.15, 0.2) is 5.82 Å². The standard InChI is InChI=1S/C49H31N5/c1-2-12-33(13-3-1)45-28-43(48-39-18-5-4-11-32(39)21-24-44(48)52-45)35-15-8-14-34(27-35)38-22-23-42(41-20-7-6-19-40(38)41)47-29-46(36-16-9-25-50-30-36)53-49(54-47)37-17-10-26-51-31-37/h1-31H. The molecule has 0 amide bonds. The van der Waals surface area contributed by atoms with Gasteiger partial charge in [0.25, 0.3) is 0 Å². The second-order valence-electron chi connectivity index (χ2n) is 13.3. The molecule has 0 unspecified atom stereocenters. The van der Waals surface area contributed by atoms with E-state index in [4.69, 9.17) is 15.0 Å². The molecule has 0 saturated carbocycles. The first-order chi connectivity index (χ1) is 26.8. The zero-order valence-electron chi connectivity index (χ0n) is 29.1. The van der Waals surface area contributed by atoms with Gasteiger partial charge in [0.2, 0.25) is 0 Å². The van der Waals surface area contributed by atoms with Gasteiger partial charge in [-0.25, -0.2) is 15.0 Å². The van der Waals surface area contributed by atoms with Gasteiger partial charge in [0.05, 0.1) is 22.6 Å². The van der Waals surface area contributed by atoms with Gasteiger partial charge in [0.1, 0.15) is 0 Å². The zero-order chi connectivity index (χ0) is 35.8. The summed E-state index contributed by atoms with van der Waals surface area (Å²) in [5.74, 6) is 0.618. The Hall–Kier alpha value is -7.37. The van der Waals surface area contributed by atoms with Crippen molar-refractivity contribution in [2.45, 2.75) is 0 Å². The molecule has 54 heavy (non-hydrogen) atoms. The second kappa shape index (κ2) is 13.3. The van der Waals surface area contributed by atoms with Crippen molar-refractivity contribution in [3.63, 3.8) is 0 Å². The third kappa shape index (κ3) is 5.65. The predicted octanol–water partition coefficient (Wildman–Crippen LogP) is 12.1. The average molecular weight is 690 g/mol. The van der Waals surface area contributed by atoms with Crippen molar-refractivity contribution >= 4 is 32.4 Å². The lowest BCUT2D eigenvalue weighted by molar-refractivity contribution is 1.17. The Balaban J connectivity index is 1.15. The highest BCUT2D eigenvalue weighted by molar-refractivity contribution is 6.14. The molecule has 252 valence electrons. The van der Waals surface area contributed by atoms with Crippen LogP contribution in [0.3, 0.4) is 0 Å². The molecular formula is C49H31N5. The van der Waals surface area contributed by atoms with Crippen LogP contribution in [0, 0.1) is 0 Å². The average Bonchev–Trinajstić information content (AvgIpc) is 3.26. The summed E-state index contributed by atoms with van der Waals surface area (Å²) >= 11 is 0. The van der Waals surface area contributed by atoms with Crippen LogP contribution in [-0.4, -0.2) is 24.9 Å². The number of hydrogen-bond acceptors (Lipinski definition) is 5. The number of nitrogens with zero attached hydrogens (tertiary/aromatic N) is 5. The molecule has 0 fully saturated rings. The molecule has 0 aliphatic carbocycles. The molecule has 4 aromatic heterocycles. The minimum atomic E-state index is 0.618. The topological polar surface area (TPSA) is 64.5 Å². The van der Waals surface area contributed by atoms with Gasteiger partial charge in [-0.1, -0.05) is 115 Å². The monoisotopic (exact) mass is 689 g/mol. The first kappa shape index (κ1) is 31.4. The molecule has 6 aromatic carbocycles. The van der Waals surface area contributed by atoms with Gasteiger partial charge in [-0.3, -0.25) is 9.97 Å². The van der Waals surface area contributed by atoms with E-state index in [0.29, 0.717) is 5.82 Å². The number of rotatable bonds is 6. The largest absolute Gasteiger partial charge is 0.264 e. The van der Waals surface area contributed by atoms with Crippen molar-refractivity contribution in [2.24, 2.45) is 0 Å². The number of aromatic nitrogens is 5. The molecule has 0 aliphatic rings. The first-order valence-electron chi connectivity index (χ1n) is 18.0. The molecule has 5 heteroatoms. The Morgan fingerprint density at radius 1 is 0.333 bits per heavy atom. The fourth-order valence-electron chi connectivity index (χ4n) is 7.49. The number of hydrogen-bond donors (Lipinski definition) is 0. The summed E-state index contributed by atoms with van der Waals surface area (Å²) in [6.45, 7) is 0. The van der Waals surface area contributed by atoms with Gasteiger partial charge in [-0.2, -0.15) is 0 Å². The summed E-state index contributed by atoms with van der Waals surface area (Å²) in [6.07, 6.45) is 7.18. The van der Waals surface area contributed by atoms with E-state index in [1.807, 2.05) is 36.5 Å². The third-order valence-corrected chi connectivity index (χ3v) is 10.1. The first-order valence-corrected chi connectivity index (χ1v) is 18.0. The highest BCUT2D eigenvalue weighted by atomic mass is 14.9. The Kier molecular flexibility index (Phi) is 7.73. The van der Waals surface area contributed by atoms with Gasteiger partial charge in [0, 0.05) is 52.4 Å². The summed E-state index contributed by atoms with van der Waals surface area (Å²) < 4.78 is 0. The van der Waals surface area contributed by atoms with Crippen LogP contribution in [0.5, 0.6) is 0 Å². The quantitative estimate of drug-likeness (QED) is 0.163. The van der Waals surface area contributed by atoms with Crippen molar-refractivity contribution in [1.82, 2.24) is 24.9 Å². The number of fused-ring (bicyclic) bond motifs is 4. The van der Waals surface area contributed by atoms with Crippen molar-refractivity contribution in [3.8, 4) is 67.4 Å². The highest BCUT2D eigenvalue weighted by Crippen LogP contribution is 2.40. The van der Waals surface area contributed by atoms with Crippen LogP contribution < -0.4 is 0 Å². The number of pyridine rings is 3. The van der Waals surface area contributed by atoms with Gasteiger partial charge < -0.3 is 0 Å². The van der Waals surface area contributed by atoms with E-state index in [2.05, 4.69) is 143 Å². The molecule has 0 saturated heterocycles. The van der Waals surface area contributed by atoms with Crippen molar-refractivity contribution in [1.29, 1.82) is 0 Å². The van der Waals surface area contributed by atoms with E-state index in [1.54, 1.807) is 18.6 Å². The van der Waals surface area contributed by atoms with E-state index in [9.17, 15) is 0 Å². The summed E-state index contributed by atoms with van der Waals surface area (Å²) in [4.78, 5) is 24.0. The van der Waals surface area contributed by atoms with Crippen LogP contribution in [0.15, 0.2) is 189 Å². The van der Waals surface area contributed by atoms with E-state index >= 15 is 0 Å². The molecule has 10 aromatic rings. The Bertz CT molecular complexity index is 2920. The van der Waals surface area contributed by atoms with Crippen LogP contribution in [0.1, 0.15) is 0 Å². The van der Waals surface area contributed by atoms with Crippen LogP contribution in [0.2, 0.25) is 0 Å². The molecule has 0 aliphatic heterocycles. The Labute approximate surface area is 312 Å². The van der Waals surface area contributed by atoms with Crippen LogP contribution in [0.4, 0.5) is 0 Å². The van der Waals surface area contributed by atoms with Crippen molar-refractivity contribution in [3.05, 3.63) is 189 Å². The van der Waals surface area contributed by atoms with Gasteiger partial charge in [-0.15, -0.1) is 0 Å². The zero-order valence-corrected chi connectivity index (χ0v) is 29.1. The summed E-state index contributed by atoms with van der Waals surface area (Å²) in [5, 5.41) is 5.80. The Morgan fingerprint density at radius 3 is 1.72 bits per heavy atom. The second-order valence-corrected chi connectivity index (χ2v) is 13.3. The highest BCUT2D eigenvalue weighted by Gasteiger charge is 2.17. The number of benzene rings is 6. The fourth-order valence-corrected chi connectivity index (χ4v) is 7.49. The van der Waals surface area contributed by atoms with Crippen LogP contribution >= 0.6 is 0 Å². The van der Waals surface area contributed by atoms with Gasteiger partial charge >= 0.3 is 0 Å². The SMILES string of the molecule is c1ccc(-c2cc(-c3cccc(-c4ccc(-c5cc(-c6cccnc6)nc(-c6cccnc6)n5)c5ccccc45)c3)c3c(ccc4ccccc43)n2)cc1. The fraction of sp³-hybridized carbons (Fsp3) is 0. The summed E-state index contributed by atoms with van der Waals surface area (Å²) in [6, 6.07) is 57.4. The van der Waals surface area contributed by atoms with Gasteiger partial charge in [-0.05, 0) is 92.3 Å². The summed E-state index contributed by atoms with van der Waals surface area (Å²) in [5.41, 5.74) is 12.1. The smallest absolute Gasteiger partial charge is 0.161 e. The lowest BCUT2D eigenvalue weighted by Gasteiger charge is -2.16. The maximum atomic E-state index is 5.18. The molecule has 10 rings (SSSR count). The minimum Gasteiger partial charge on any atom is -0.264 e. The molecular weight excluding hydrogens is 659 g/mol. The normalized spacial score (nSPS) is 11.3. The Morgan fingerprint density at radius 2 is 0.944 bits per heavy atom. The lowest BCUT2D eigenvalue weighted by atomic mass is 9.90. The molecule has 0 N–H and O–H groups in total. The van der Waals surface area contributed by atoms with E-state index in [-0.39, 0.29) is 0 Å². The van der Waals surface area contributed by atoms with Crippen molar-refractivity contribution in [2.75, 3.05) is 0 Å². The molecule has 0 radical (unpaired) electrons. The predicted molar refractivity (Wildman–Crippen MR) is 221 cm³/mol.